The Bertz CT molecular complexity index is 342. The average Bonchev–Trinajstić information content (AvgIpc) is 2.37. The summed E-state index contributed by atoms with van der Waals surface area (Å²) in [5.74, 6) is 0.890. The van der Waals surface area contributed by atoms with E-state index in [-0.39, 0.29) is 0 Å². The molecule has 0 aliphatic rings. The van der Waals surface area contributed by atoms with Gasteiger partial charge in [0, 0.05) is 6.54 Å². The van der Waals surface area contributed by atoms with Gasteiger partial charge >= 0.3 is 0 Å². The number of hydrogen-bond acceptors (Lipinski definition) is 4. The van der Waals surface area contributed by atoms with Gasteiger partial charge in [-0.2, -0.15) is 0 Å². The second-order valence-electron chi connectivity index (χ2n) is 4.11. The fourth-order valence-electron chi connectivity index (χ4n) is 1.43. The SMILES string of the molecule is Cc1ccc(OCCOCCOCCN)cc1C. The van der Waals surface area contributed by atoms with Crippen molar-refractivity contribution in [1.82, 2.24) is 0 Å². The van der Waals surface area contributed by atoms with E-state index in [0.29, 0.717) is 39.6 Å². The number of ether oxygens (including phenoxy) is 3. The van der Waals surface area contributed by atoms with Gasteiger partial charge in [-0.25, -0.2) is 0 Å². The van der Waals surface area contributed by atoms with Crippen molar-refractivity contribution in [3.8, 4) is 5.75 Å². The van der Waals surface area contributed by atoms with Crippen LogP contribution in [0.3, 0.4) is 0 Å². The molecule has 0 heterocycles. The predicted octanol–water partition coefficient (Wildman–Crippen LogP) is 1.67. The summed E-state index contributed by atoms with van der Waals surface area (Å²) in [5, 5.41) is 0. The third-order valence-corrected chi connectivity index (χ3v) is 2.61. The average molecular weight is 253 g/mol. The van der Waals surface area contributed by atoms with Crippen LogP contribution in [0.25, 0.3) is 0 Å². The molecule has 1 aromatic rings. The molecule has 1 aromatic carbocycles. The van der Waals surface area contributed by atoms with Gasteiger partial charge in [0.25, 0.3) is 0 Å². The summed E-state index contributed by atoms with van der Waals surface area (Å²) in [5.41, 5.74) is 7.81. The molecule has 4 nitrogen and oxygen atoms in total. The Hall–Kier alpha value is -1.10. The molecule has 0 radical (unpaired) electrons. The largest absolute Gasteiger partial charge is 0.491 e. The number of aryl methyl sites for hydroxylation is 2. The molecule has 4 heteroatoms. The van der Waals surface area contributed by atoms with Gasteiger partial charge in [0.15, 0.2) is 0 Å². The lowest BCUT2D eigenvalue weighted by Gasteiger charge is -2.09. The van der Waals surface area contributed by atoms with E-state index in [1.165, 1.54) is 11.1 Å². The summed E-state index contributed by atoms with van der Waals surface area (Å²) in [4.78, 5) is 0. The molecule has 0 spiro atoms. The monoisotopic (exact) mass is 253 g/mol. The highest BCUT2D eigenvalue weighted by Crippen LogP contribution is 2.16. The first-order valence-electron chi connectivity index (χ1n) is 6.29. The Labute approximate surface area is 109 Å². The molecule has 0 atom stereocenters. The van der Waals surface area contributed by atoms with Crippen molar-refractivity contribution in [2.75, 3.05) is 39.6 Å². The first kappa shape index (κ1) is 15.0. The number of hydrogen-bond donors (Lipinski definition) is 1. The van der Waals surface area contributed by atoms with Crippen LogP contribution in [-0.4, -0.2) is 39.6 Å². The van der Waals surface area contributed by atoms with Crippen molar-refractivity contribution in [3.05, 3.63) is 29.3 Å². The zero-order valence-electron chi connectivity index (χ0n) is 11.3. The molecule has 1 rings (SSSR count). The number of nitrogens with two attached hydrogens (primary N) is 1. The molecule has 0 saturated carbocycles. The quantitative estimate of drug-likeness (QED) is 0.680. The van der Waals surface area contributed by atoms with Crippen LogP contribution in [-0.2, 0) is 9.47 Å². The van der Waals surface area contributed by atoms with Gasteiger partial charge in [-0.1, -0.05) is 6.07 Å². The number of rotatable bonds is 9. The van der Waals surface area contributed by atoms with Crippen LogP contribution in [0.15, 0.2) is 18.2 Å². The van der Waals surface area contributed by atoms with Gasteiger partial charge in [0.1, 0.15) is 12.4 Å². The second kappa shape index (κ2) is 8.91. The molecule has 0 aliphatic heterocycles. The van der Waals surface area contributed by atoms with Crippen LogP contribution in [0.5, 0.6) is 5.75 Å². The maximum Gasteiger partial charge on any atom is 0.119 e. The molecule has 0 saturated heterocycles. The third kappa shape index (κ3) is 6.00. The van der Waals surface area contributed by atoms with E-state index in [1.807, 2.05) is 12.1 Å². The lowest BCUT2D eigenvalue weighted by molar-refractivity contribution is 0.0388. The fraction of sp³-hybridized carbons (Fsp3) is 0.571. The first-order chi connectivity index (χ1) is 8.74. The van der Waals surface area contributed by atoms with Crippen LogP contribution in [0.4, 0.5) is 0 Å². The van der Waals surface area contributed by atoms with E-state index >= 15 is 0 Å². The van der Waals surface area contributed by atoms with E-state index in [0.717, 1.165) is 5.75 Å². The summed E-state index contributed by atoms with van der Waals surface area (Å²) in [6.07, 6.45) is 0. The molecule has 0 amide bonds. The molecule has 0 aliphatic carbocycles. The van der Waals surface area contributed by atoms with Crippen LogP contribution >= 0.6 is 0 Å². The van der Waals surface area contributed by atoms with Crippen LogP contribution in [0.2, 0.25) is 0 Å². The highest BCUT2D eigenvalue weighted by molar-refractivity contribution is 5.33. The minimum Gasteiger partial charge on any atom is -0.491 e. The van der Waals surface area contributed by atoms with E-state index in [4.69, 9.17) is 19.9 Å². The zero-order chi connectivity index (χ0) is 13.2. The van der Waals surface area contributed by atoms with Crippen molar-refractivity contribution in [3.63, 3.8) is 0 Å². The molecule has 2 N–H and O–H groups in total. The normalized spacial score (nSPS) is 10.6. The highest BCUT2D eigenvalue weighted by Gasteiger charge is 1.97. The molecule has 0 unspecified atom stereocenters. The molecule has 0 aromatic heterocycles. The van der Waals surface area contributed by atoms with Crippen molar-refractivity contribution >= 4 is 0 Å². The van der Waals surface area contributed by atoms with Crippen molar-refractivity contribution in [2.24, 2.45) is 5.73 Å². The van der Waals surface area contributed by atoms with Gasteiger partial charge in [0.05, 0.1) is 26.4 Å². The maximum absolute atomic E-state index is 5.58. The highest BCUT2D eigenvalue weighted by atomic mass is 16.5. The van der Waals surface area contributed by atoms with Crippen LogP contribution in [0, 0.1) is 13.8 Å². The maximum atomic E-state index is 5.58. The Morgan fingerprint density at radius 3 is 2.22 bits per heavy atom. The standard InChI is InChI=1S/C14H23NO3/c1-12-3-4-14(11-13(12)2)18-10-9-17-8-7-16-6-5-15/h3-4,11H,5-10,15H2,1-2H3. The van der Waals surface area contributed by atoms with E-state index in [9.17, 15) is 0 Å². The molecule has 0 fully saturated rings. The Kier molecular flexibility index (Phi) is 7.41. The van der Waals surface area contributed by atoms with Gasteiger partial charge in [0.2, 0.25) is 0 Å². The summed E-state index contributed by atoms with van der Waals surface area (Å²) in [7, 11) is 0. The summed E-state index contributed by atoms with van der Waals surface area (Å²) >= 11 is 0. The first-order valence-corrected chi connectivity index (χ1v) is 6.29. The Morgan fingerprint density at radius 1 is 0.889 bits per heavy atom. The predicted molar refractivity (Wildman–Crippen MR) is 72.1 cm³/mol. The number of benzene rings is 1. The van der Waals surface area contributed by atoms with Crippen LogP contribution < -0.4 is 10.5 Å². The van der Waals surface area contributed by atoms with Gasteiger partial charge in [-0.05, 0) is 37.1 Å². The van der Waals surface area contributed by atoms with Crippen molar-refractivity contribution in [2.45, 2.75) is 13.8 Å². The lowest BCUT2D eigenvalue weighted by Crippen LogP contribution is -2.14. The third-order valence-electron chi connectivity index (χ3n) is 2.61. The zero-order valence-corrected chi connectivity index (χ0v) is 11.3. The summed E-state index contributed by atoms with van der Waals surface area (Å²) in [6.45, 7) is 7.59. The minimum absolute atomic E-state index is 0.551. The Morgan fingerprint density at radius 2 is 1.56 bits per heavy atom. The molecule has 102 valence electrons. The lowest BCUT2D eigenvalue weighted by atomic mass is 10.1. The smallest absolute Gasteiger partial charge is 0.119 e. The van der Waals surface area contributed by atoms with E-state index in [1.54, 1.807) is 0 Å². The summed E-state index contributed by atoms with van der Waals surface area (Å²) in [6, 6.07) is 6.08. The molecule has 18 heavy (non-hydrogen) atoms. The molecular formula is C14H23NO3. The van der Waals surface area contributed by atoms with Crippen LogP contribution in [0.1, 0.15) is 11.1 Å². The van der Waals surface area contributed by atoms with Gasteiger partial charge in [-0.3, -0.25) is 0 Å². The minimum atomic E-state index is 0.551. The molecule has 0 bridgehead atoms. The van der Waals surface area contributed by atoms with Gasteiger partial charge < -0.3 is 19.9 Å². The summed E-state index contributed by atoms with van der Waals surface area (Å²) < 4.78 is 16.1. The van der Waals surface area contributed by atoms with Gasteiger partial charge in [-0.15, -0.1) is 0 Å². The van der Waals surface area contributed by atoms with Crippen molar-refractivity contribution < 1.29 is 14.2 Å². The molecular weight excluding hydrogens is 230 g/mol. The fourth-order valence-corrected chi connectivity index (χ4v) is 1.43. The Balaban J connectivity index is 2.05. The second-order valence-corrected chi connectivity index (χ2v) is 4.11. The van der Waals surface area contributed by atoms with Crippen molar-refractivity contribution in [1.29, 1.82) is 0 Å². The van der Waals surface area contributed by atoms with E-state index in [2.05, 4.69) is 19.9 Å². The topological polar surface area (TPSA) is 53.7 Å². The van der Waals surface area contributed by atoms with E-state index < -0.39 is 0 Å².